The van der Waals surface area contributed by atoms with Crippen molar-refractivity contribution >= 4 is 11.9 Å². The molecule has 0 bridgehead atoms. The lowest BCUT2D eigenvalue weighted by molar-refractivity contribution is -0.144. The third-order valence-electron chi connectivity index (χ3n) is 3.39. The van der Waals surface area contributed by atoms with Gasteiger partial charge in [-0.25, -0.2) is 0 Å². The Morgan fingerprint density at radius 2 is 2.06 bits per heavy atom. The Labute approximate surface area is 102 Å². The van der Waals surface area contributed by atoms with Gasteiger partial charge in [-0.15, -0.1) is 0 Å². The van der Waals surface area contributed by atoms with E-state index in [-0.39, 0.29) is 12.5 Å². The molecule has 1 N–H and O–H groups in total. The van der Waals surface area contributed by atoms with Crippen LogP contribution in [0.3, 0.4) is 0 Å². The number of amides is 1. The molecule has 1 aliphatic heterocycles. The van der Waals surface area contributed by atoms with Crippen LogP contribution in [-0.4, -0.2) is 59.5 Å². The molecule has 0 radical (unpaired) electrons. The highest BCUT2D eigenvalue weighted by molar-refractivity contribution is 5.79. The number of carboxylic acid groups (broad SMARTS) is 1. The fraction of sp³-hybridized carbons (Fsp3) is 0.833. The molecule has 1 amide bonds. The topological polar surface area (TPSA) is 60.9 Å². The molecule has 0 aromatic rings. The van der Waals surface area contributed by atoms with E-state index in [1.165, 1.54) is 0 Å². The maximum absolute atomic E-state index is 11.8. The number of likely N-dealkylation sites (tertiary alicyclic amines) is 1. The Kier molecular flexibility index (Phi) is 5.41. The van der Waals surface area contributed by atoms with Gasteiger partial charge < -0.3 is 10.0 Å². The maximum Gasteiger partial charge on any atom is 0.320 e. The van der Waals surface area contributed by atoms with Crippen molar-refractivity contribution in [2.45, 2.75) is 38.6 Å². The van der Waals surface area contributed by atoms with Gasteiger partial charge >= 0.3 is 5.97 Å². The minimum Gasteiger partial charge on any atom is -0.480 e. The fourth-order valence-corrected chi connectivity index (χ4v) is 2.11. The number of carbonyl (C=O) groups excluding carboxylic acids is 1. The van der Waals surface area contributed by atoms with Crippen molar-refractivity contribution in [3.63, 3.8) is 0 Å². The van der Waals surface area contributed by atoms with Gasteiger partial charge in [0.05, 0.1) is 6.54 Å². The number of carbonyl (C=O) groups is 2. The van der Waals surface area contributed by atoms with Gasteiger partial charge in [-0.3, -0.25) is 14.5 Å². The normalized spacial score (nSPS) is 21.9. The van der Waals surface area contributed by atoms with E-state index in [0.717, 1.165) is 19.3 Å². The Morgan fingerprint density at radius 3 is 2.65 bits per heavy atom. The van der Waals surface area contributed by atoms with E-state index in [9.17, 15) is 14.7 Å². The molecule has 98 valence electrons. The van der Waals surface area contributed by atoms with Gasteiger partial charge in [0.25, 0.3) is 0 Å². The van der Waals surface area contributed by atoms with Crippen LogP contribution in [-0.2, 0) is 9.59 Å². The van der Waals surface area contributed by atoms with Gasteiger partial charge in [-0.1, -0.05) is 12.8 Å². The van der Waals surface area contributed by atoms with Crippen LogP contribution >= 0.6 is 0 Å². The molecule has 1 fully saturated rings. The highest BCUT2D eigenvalue weighted by Crippen LogP contribution is 2.16. The molecule has 0 aromatic heterocycles. The predicted octanol–water partition coefficient (Wildman–Crippen LogP) is 0.794. The second-order valence-corrected chi connectivity index (χ2v) is 4.58. The van der Waals surface area contributed by atoms with Crippen LogP contribution in [0, 0.1) is 0 Å². The summed E-state index contributed by atoms with van der Waals surface area (Å²) in [6.07, 6.45) is 3.62. The van der Waals surface area contributed by atoms with Gasteiger partial charge in [0.1, 0.15) is 6.04 Å². The molecular weight excluding hydrogens is 220 g/mol. The van der Waals surface area contributed by atoms with E-state index in [1.807, 2.05) is 11.8 Å². The molecule has 0 aliphatic carbocycles. The zero-order chi connectivity index (χ0) is 12.8. The minimum absolute atomic E-state index is 0.000602. The van der Waals surface area contributed by atoms with Gasteiger partial charge in [-0.05, 0) is 26.3 Å². The molecule has 1 unspecified atom stereocenters. The van der Waals surface area contributed by atoms with Gasteiger partial charge in [0.15, 0.2) is 0 Å². The summed E-state index contributed by atoms with van der Waals surface area (Å²) in [5, 5.41) is 9.18. The van der Waals surface area contributed by atoms with Crippen molar-refractivity contribution in [2.24, 2.45) is 0 Å². The second kappa shape index (κ2) is 6.59. The third kappa shape index (κ3) is 4.00. The first-order valence-corrected chi connectivity index (χ1v) is 6.27. The first-order valence-electron chi connectivity index (χ1n) is 6.27. The number of likely N-dealkylation sites (N-methyl/N-ethyl adjacent to an activating group) is 1. The molecule has 5 nitrogen and oxygen atoms in total. The van der Waals surface area contributed by atoms with Crippen LogP contribution in [0.1, 0.15) is 32.6 Å². The zero-order valence-electron chi connectivity index (χ0n) is 10.7. The van der Waals surface area contributed by atoms with Crippen molar-refractivity contribution in [2.75, 3.05) is 26.7 Å². The number of hydrogen-bond donors (Lipinski definition) is 1. The highest BCUT2D eigenvalue weighted by atomic mass is 16.4. The van der Waals surface area contributed by atoms with E-state index in [0.29, 0.717) is 19.5 Å². The molecule has 1 aliphatic rings. The molecule has 17 heavy (non-hydrogen) atoms. The molecule has 0 saturated carbocycles. The summed E-state index contributed by atoms with van der Waals surface area (Å²) in [6.45, 7) is 3.50. The summed E-state index contributed by atoms with van der Waals surface area (Å²) in [6, 6.07) is -0.494. The second-order valence-electron chi connectivity index (χ2n) is 4.58. The molecule has 0 aromatic carbocycles. The molecular formula is C12H22N2O3. The number of rotatable bonds is 4. The molecule has 0 spiro atoms. The predicted molar refractivity (Wildman–Crippen MR) is 64.8 cm³/mol. The fourth-order valence-electron chi connectivity index (χ4n) is 2.11. The van der Waals surface area contributed by atoms with E-state index >= 15 is 0 Å². The molecule has 1 saturated heterocycles. The van der Waals surface area contributed by atoms with E-state index in [4.69, 9.17) is 0 Å². The summed E-state index contributed by atoms with van der Waals surface area (Å²) in [5.74, 6) is -0.806. The van der Waals surface area contributed by atoms with Crippen LogP contribution in [0.2, 0.25) is 0 Å². The average molecular weight is 242 g/mol. The van der Waals surface area contributed by atoms with Crippen LogP contribution in [0.25, 0.3) is 0 Å². The number of hydrogen-bond acceptors (Lipinski definition) is 3. The van der Waals surface area contributed by atoms with Gasteiger partial charge in [-0.2, -0.15) is 0 Å². The number of nitrogens with zero attached hydrogens (tertiary/aromatic N) is 2. The van der Waals surface area contributed by atoms with Crippen molar-refractivity contribution in [1.29, 1.82) is 0 Å². The zero-order valence-corrected chi connectivity index (χ0v) is 10.7. The maximum atomic E-state index is 11.8. The number of carboxylic acids is 1. The Hall–Kier alpha value is -1.10. The molecule has 1 rings (SSSR count). The summed E-state index contributed by atoms with van der Waals surface area (Å²) in [7, 11) is 1.75. The summed E-state index contributed by atoms with van der Waals surface area (Å²) < 4.78 is 0. The van der Waals surface area contributed by atoms with Crippen LogP contribution in [0.15, 0.2) is 0 Å². The van der Waals surface area contributed by atoms with Crippen LogP contribution < -0.4 is 0 Å². The summed E-state index contributed by atoms with van der Waals surface area (Å²) >= 11 is 0. The largest absolute Gasteiger partial charge is 0.480 e. The summed E-state index contributed by atoms with van der Waals surface area (Å²) in [5.41, 5.74) is 0. The smallest absolute Gasteiger partial charge is 0.320 e. The van der Waals surface area contributed by atoms with E-state index in [2.05, 4.69) is 0 Å². The van der Waals surface area contributed by atoms with E-state index in [1.54, 1.807) is 11.9 Å². The van der Waals surface area contributed by atoms with Crippen molar-refractivity contribution in [1.82, 2.24) is 9.80 Å². The minimum atomic E-state index is -0.807. The van der Waals surface area contributed by atoms with E-state index < -0.39 is 12.0 Å². The Bertz CT molecular complexity index is 281. The molecule has 1 heterocycles. The quantitative estimate of drug-likeness (QED) is 0.792. The van der Waals surface area contributed by atoms with Crippen molar-refractivity contribution < 1.29 is 14.7 Å². The van der Waals surface area contributed by atoms with Crippen molar-refractivity contribution in [3.05, 3.63) is 0 Å². The lowest BCUT2D eigenvalue weighted by Gasteiger charge is -2.27. The van der Waals surface area contributed by atoms with Crippen LogP contribution in [0.5, 0.6) is 0 Å². The van der Waals surface area contributed by atoms with Gasteiger partial charge in [0.2, 0.25) is 5.91 Å². The lowest BCUT2D eigenvalue weighted by Crippen LogP contribution is -2.46. The molecule has 1 atom stereocenters. The van der Waals surface area contributed by atoms with Gasteiger partial charge in [0, 0.05) is 13.6 Å². The average Bonchev–Trinajstić information content (AvgIpc) is 2.53. The Morgan fingerprint density at radius 1 is 1.35 bits per heavy atom. The first-order chi connectivity index (χ1) is 8.06. The number of aliphatic carboxylic acids is 1. The lowest BCUT2D eigenvalue weighted by atomic mass is 10.1. The Balaban J connectivity index is 2.63. The highest BCUT2D eigenvalue weighted by Gasteiger charge is 2.28. The summed E-state index contributed by atoms with van der Waals surface area (Å²) in [4.78, 5) is 26.4. The standard InChI is InChI=1S/C12H22N2O3/c1-3-13(2)11(15)9-14-8-6-4-5-7-10(14)12(16)17/h10H,3-9H2,1-2H3,(H,16,17). The monoisotopic (exact) mass is 242 g/mol. The third-order valence-corrected chi connectivity index (χ3v) is 3.39. The first kappa shape index (κ1) is 14.0. The SMILES string of the molecule is CCN(C)C(=O)CN1CCCCCC1C(=O)O. The molecule has 5 heteroatoms. The van der Waals surface area contributed by atoms with Crippen molar-refractivity contribution in [3.8, 4) is 0 Å². The van der Waals surface area contributed by atoms with Crippen LogP contribution in [0.4, 0.5) is 0 Å².